The summed E-state index contributed by atoms with van der Waals surface area (Å²) in [5, 5.41) is 6.82. The first kappa shape index (κ1) is 20.4. The van der Waals surface area contributed by atoms with E-state index >= 15 is 0 Å². The maximum Gasteiger partial charge on any atom is 0.268 e. The Kier molecular flexibility index (Phi) is 5.58. The number of aromatic nitrogens is 1. The topological polar surface area (TPSA) is 84.7 Å². The molecule has 1 aromatic heterocycles. The fourth-order valence-electron chi connectivity index (χ4n) is 3.45. The van der Waals surface area contributed by atoms with Gasteiger partial charge >= 0.3 is 0 Å². The zero-order valence-corrected chi connectivity index (χ0v) is 17.6. The second-order valence-electron chi connectivity index (χ2n) is 7.40. The van der Waals surface area contributed by atoms with E-state index in [1.165, 1.54) is 6.08 Å². The van der Waals surface area contributed by atoms with Crippen LogP contribution in [-0.2, 0) is 16.1 Å². The minimum Gasteiger partial charge on any atom is -0.479 e. The molecule has 7 heteroatoms. The number of amides is 2. The monoisotopic (exact) mass is 417 g/mol. The highest BCUT2D eigenvalue weighted by molar-refractivity contribution is 6.04. The molecule has 1 N–H and O–H groups in total. The molecule has 0 aliphatic carbocycles. The van der Waals surface area contributed by atoms with Gasteiger partial charge in [0.1, 0.15) is 11.5 Å². The van der Waals surface area contributed by atoms with Crippen LogP contribution in [0.3, 0.4) is 0 Å². The number of anilines is 2. The van der Waals surface area contributed by atoms with Crippen LogP contribution >= 0.6 is 0 Å². The number of rotatable bonds is 5. The van der Waals surface area contributed by atoms with Crippen molar-refractivity contribution < 1.29 is 18.8 Å². The molecule has 31 heavy (non-hydrogen) atoms. The number of carbonyl (C=O) groups is 2. The molecule has 0 fully saturated rings. The summed E-state index contributed by atoms with van der Waals surface area (Å²) in [6, 6.07) is 14.8. The van der Waals surface area contributed by atoms with Crippen LogP contribution in [0.1, 0.15) is 29.5 Å². The molecule has 1 aliphatic heterocycles. The molecule has 2 heterocycles. The Labute approximate surface area is 180 Å². The SMILES string of the molecule is Cc1noc(C)c1CN1C(=O)C(C)Oc2ccc(NC(=O)/C=C/c3ccccc3)cc21. The van der Waals surface area contributed by atoms with E-state index in [4.69, 9.17) is 9.26 Å². The van der Waals surface area contributed by atoms with Gasteiger partial charge in [0.25, 0.3) is 5.91 Å². The number of carbonyl (C=O) groups excluding carboxylic acids is 2. The first-order chi connectivity index (χ1) is 14.9. The van der Waals surface area contributed by atoms with Gasteiger partial charge in [-0.3, -0.25) is 9.59 Å². The Morgan fingerprint density at radius 1 is 1.19 bits per heavy atom. The normalized spacial score (nSPS) is 15.6. The average Bonchev–Trinajstić information content (AvgIpc) is 3.08. The Bertz CT molecular complexity index is 1130. The summed E-state index contributed by atoms with van der Waals surface area (Å²) in [6.07, 6.45) is 2.61. The summed E-state index contributed by atoms with van der Waals surface area (Å²) in [5.41, 5.74) is 3.68. The number of hydrogen-bond donors (Lipinski definition) is 1. The fourth-order valence-corrected chi connectivity index (χ4v) is 3.45. The van der Waals surface area contributed by atoms with Crippen molar-refractivity contribution >= 4 is 29.3 Å². The Balaban J connectivity index is 1.58. The van der Waals surface area contributed by atoms with Crippen molar-refractivity contribution in [3.05, 3.63) is 77.2 Å². The zero-order valence-electron chi connectivity index (χ0n) is 17.6. The smallest absolute Gasteiger partial charge is 0.268 e. The molecule has 0 saturated heterocycles. The lowest BCUT2D eigenvalue weighted by atomic mass is 10.1. The number of aryl methyl sites for hydroxylation is 2. The number of nitrogens with one attached hydrogen (secondary N) is 1. The summed E-state index contributed by atoms with van der Waals surface area (Å²) < 4.78 is 11.0. The van der Waals surface area contributed by atoms with Gasteiger partial charge in [0.15, 0.2) is 6.10 Å². The van der Waals surface area contributed by atoms with Crippen LogP contribution in [0, 0.1) is 13.8 Å². The van der Waals surface area contributed by atoms with Gasteiger partial charge in [-0.25, -0.2) is 0 Å². The molecule has 0 bridgehead atoms. The molecule has 3 aromatic rings. The van der Waals surface area contributed by atoms with Crippen LogP contribution in [0.4, 0.5) is 11.4 Å². The van der Waals surface area contributed by atoms with Crippen LogP contribution in [0.25, 0.3) is 6.08 Å². The van der Waals surface area contributed by atoms with Gasteiger partial charge in [-0.2, -0.15) is 0 Å². The van der Waals surface area contributed by atoms with Crippen LogP contribution in [0.2, 0.25) is 0 Å². The molecule has 4 rings (SSSR count). The van der Waals surface area contributed by atoms with E-state index in [9.17, 15) is 9.59 Å². The number of benzene rings is 2. The van der Waals surface area contributed by atoms with Gasteiger partial charge < -0.3 is 19.5 Å². The summed E-state index contributed by atoms with van der Waals surface area (Å²) in [5.74, 6) is 0.815. The Morgan fingerprint density at radius 2 is 1.97 bits per heavy atom. The summed E-state index contributed by atoms with van der Waals surface area (Å²) in [7, 11) is 0. The van der Waals surface area contributed by atoms with Crippen molar-refractivity contribution in [1.29, 1.82) is 0 Å². The van der Waals surface area contributed by atoms with Gasteiger partial charge in [0.05, 0.1) is 17.9 Å². The molecule has 0 spiro atoms. The highest BCUT2D eigenvalue weighted by Gasteiger charge is 2.33. The van der Waals surface area contributed by atoms with Gasteiger partial charge in [-0.1, -0.05) is 35.5 Å². The minimum atomic E-state index is -0.609. The lowest BCUT2D eigenvalue weighted by Crippen LogP contribution is -2.44. The van der Waals surface area contributed by atoms with E-state index in [0.717, 1.165) is 16.8 Å². The van der Waals surface area contributed by atoms with Crippen LogP contribution < -0.4 is 15.0 Å². The molecule has 2 amide bonds. The van der Waals surface area contributed by atoms with E-state index < -0.39 is 6.10 Å². The predicted octanol–water partition coefficient (Wildman–Crippen LogP) is 4.26. The first-order valence-corrected chi connectivity index (χ1v) is 10.0. The maximum absolute atomic E-state index is 12.9. The molecular weight excluding hydrogens is 394 g/mol. The number of ether oxygens (including phenoxy) is 1. The molecule has 0 radical (unpaired) electrons. The van der Waals surface area contributed by atoms with E-state index in [1.54, 1.807) is 36.1 Å². The largest absolute Gasteiger partial charge is 0.479 e. The highest BCUT2D eigenvalue weighted by Crippen LogP contribution is 2.37. The highest BCUT2D eigenvalue weighted by atomic mass is 16.5. The van der Waals surface area contributed by atoms with E-state index in [0.29, 0.717) is 29.4 Å². The molecule has 1 atom stereocenters. The predicted molar refractivity (Wildman–Crippen MR) is 118 cm³/mol. The molecule has 7 nitrogen and oxygen atoms in total. The first-order valence-electron chi connectivity index (χ1n) is 10.0. The van der Waals surface area contributed by atoms with Crippen LogP contribution in [0.5, 0.6) is 5.75 Å². The standard InChI is InChI=1S/C24H23N3O4/c1-15-20(16(2)31-26-15)14-27-21-13-19(10-11-22(21)30-17(3)24(27)29)25-23(28)12-9-18-7-5-4-6-8-18/h4-13,17H,14H2,1-3H3,(H,25,28)/b12-9+. The van der Waals surface area contributed by atoms with Crippen molar-refractivity contribution in [3.63, 3.8) is 0 Å². The lowest BCUT2D eigenvalue weighted by molar-refractivity contribution is -0.125. The van der Waals surface area contributed by atoms with E-state index in [2.05, 4.69) is 10.5 Å². The summed E-state index contributed by atoms with van der Waals surface area (Å²) >= 11 is 0. The third-order valence-corrected chi connectivity index (χ3v) is 5.16. The average molecular weight is 417 g/mol. The molecule has 1 aliphatic rings. The Hall–Kier alpha value is -3.87. The van der Waals surface area contributed by atoms with Crippen molar-refractivity contribution in [2.45, 2.75) is 33.4 Å². The molecule has 158 valence electrons. The molecule has 0 saturated carbocycles. The second kappa shape index (κ2) is 8.47. The van der Waals surface area contributed by atoms with Crippen LogP contribution in [0.15, 0.2) is 59.1 Å². The Morgan fingerprint density at radius 3 is 2.68 bits per heavy atom. The van der Waals surface area contributed by atoms with Crippen molar-refractivity contribution in [3.8, 4) is 5.75 Å². The quantitative estimate of drug-likeness (QED) is 0.627. The molecular formula is C24H23N3O4. The second-order valence-corrected chi connectivity index (χ2v) is 7.40. The summed E-state index contributed by atoms with van der Waals surface area (Å²) in [6.45, 7) is 5.69. The lowest BCUT2D eigenvalue weighted by Gasteiger charge is -2.33. The number of fused-ring (bicyclic) bond motifs is 1. The van der Waals surface area contributed by atoms with Gasteiger partial charge in [-0.05, 0) is 50.6 Å². The summed E-state index contributed by atoms with van der Waals surface area (Å²) in [4.78, 5) is 26.9. The van der Waals surface area contributed by atoms with Crippen molar-refractivity contribution in [2.75, 3.05) is 10.2 Å². The van der Waals surface area contributed by atoms with Crippen molar-refractivity contribution in [2.24, 2.45) is 0 Å². The van der Waals surface area contributed by atoms with E-state index in [1.807, 2.05) is 44.2 Å². The molecule has 2 aromatic carbocycles. The van der Waals surface area contributed by atoms with Crippen molar-refractivity contribution in [1.82, 2.24) is 5.16 Å². The van der Waals surface area contributed by atoms with E-state index in [-0.39, 0.29) is 11.8 Å². The van der Waals surface area contributed by atoms with Gasteiger partial charge in [0, 0.05) is 17.3 Å². The zero-order chi connectivity index (χ0) is 22.0. The minimum absolute atomic E-state index is 0.167. The maximum atomic E-state index is 12.9. The molecule has 1 unspecified atom stereocenters. The van der Waals surface area contributed by atoms with Crippen LogP contribution in [-0.4, -0.2) is 23.1 Å². The third kappa shape index (κ3) is 4.35. The van der Waals surface area contributed by atoms with Gasteiger partial charge in [0.2, 0.25) is 5.91 Å². The van der Waals surface area contributed by atoms with Gasteiger partial charge in [-0.15, -0.1) is 0 Å². The third-order valence-electron chi connectivity index (χ3n) is 5.16. The number of nitrogens with zero attached hydrogens (tertiary/aromatic N) is 2. The number of hydrogen-bond acceptors (Lipinski definition) is 5. The fraction of sp³-hybridized carbons (Fsp3) is 0.208.